The maximum atomic E-state index is 12.5. The molecule has 0 bridgehead atoms. The largest absolute Gasteiger partial charge is 0.486 e. The zero-order valence-corrected chi connectivity index (χ0v) is 20.5. The molecule has 0 radical (unpaired) electrons. The van der Waals surface area contributed by atoms with Gasteiger partial charge in [0.2, 0.25) is 10.0 Å². The van der Waals surface area contributed by atoms with Gasteiger partial charge in [-0.15, -0.1) is 0 Å². The molecule has 1 aliphatic rings. The summed E-state index contributed by atoms with van der Waals surface area (Å²) in [6.07, 6.45) is 0. The third-order valence-electron chi connectivity index (χ3n) is 5.27. The smallest absolute Gasteiger partial charge is 0.324 e. The quantitative estimate of drug-likeness (QED) is 0.518. The van der Waals surface area contributed by atoms with Gasteiger partial charge in [-0.1, -0.05) is 37.6 Å². The van der Waals surface area contributed by atoms with Crippen molar-refractivity contribution in [2.45, 2.75) is 44.7 Å². The van der Waals surface area contributed by atoms with Crippen LogP contribution >= 0.6 is 0 Å². The maximum absolute atomic E-state index is 12.5. The van der Waals surface area contributed by atoms with E-state index in [0.29, 0.717) is 24.7 Å². The van der Waals surface area contributed by atoms with Crippen LogP contribution in [0.4, 0.5) is 0 Å². The first-order valence-corrected chi connectivity index (χ1v) is 12.5. The highest BCUT2D eigenvalue weighted by Crippen LogP contribution is 2.34. The molecular formula is C24H30N2O7S. The average Bonchev–Trinajstić information content (AvgIpc) is 2.80. The van der Waals surface area contributed by atoms with Gasteiger partial charge in [0.1, 0.15) is 19.3 Å². The van der Waals surface area contributed by atoms with Gasteiger partial charge in [-0.05, 0) is 49.6 Å². The Morgan fingerprint density at radius 2 is 1.65 bits per heavy atom. The Labute approximate surface area is 199 Å². The monoisotopic (exact) mass is 490 g/mol. The van der Waals surface area contributed by atoms with Crippen LogP contribution in [0, 0.1) is 12.8 Å². The van der Waals surface area contributed by atoms with Crippen molar-refractivity contribution in [2.75, 3.05) is 19.8 Å². The fourth-order valence-electron chi connectivity index (χ4n) is 3.43. The van der Waals surface area contributed by atoms with Crippen molar-refractivity contribution in [3.05, 3.63) is 53.6 Å². The Kier molecular flexibility index (Phi) is 8.16. The number of hydrogen-bond acceptors (Lipinski definition) is 7. The summed E-state index contributed by atoms with van der Waals surface area (Å²) < 4.78 is 43.4. The molecule has 1 heterocycles. The summed E-state index contributed by atoms with van der Waals surface area (Å²) in [5.41, 5.74) is 1.74. The number of rotatable bonds is 9. The normalized spacial score (nSPS) is 14.9. The van der Waals surface area contributed by atoms with E-state index in [1.165, 1.54) is 19.1 Å². The van der Waals surface area contributed by atoms with E-state index in [0.717, 1.165) is 11.1 Å². The molecule has 1 aliphatic heterocycles. The second-order valence-corrected chi connectivity index (χ2v) is 10.2. The summed E-state index contributed by atoms with van der Waals surface area (Å²) in [5.74, 6) is -0.0474. The average molecular weight is 491 g/mol. The Morgan fingerprint density at radius 1 is 1.00 bits per heavy atom. The summed E-state index contributed by atoms with van der Waals surface area (Å²) in [6, 6.07) is 10.2. The van der Waals surface area contributed by atoms with Crippen LogP contribution in [0.1, 0.15) is 37.9 Å². The van der Waals surface area contributed by atoms with E-state index in [1.54, 1.807) is 18.2 Å². The molecule has 1 unspecified atom stereocenters. The number of aryl methyl sites for hydroxylation is 1. The third kappa shape index (κ3) is 6.48. The fourth-order valence-corrected chi connectivity index (χ4v) is 4.62. The zero-order chi connectivity index (χ0) is 24.9. The van der Waals surface area contributed by atoms with Gasteiger partial charge >= 0.3 is 5.97 Å². The van der Waals surface area contributed by atoms with Crippen LogP contribution in [-0.2, 0) is 24.3 Å². The minimum absolute atomic E-state index is 0.0368. The number of amides is 1. The molecule has 2 aromatic carbocycles. The van der Waals surface area contributed by atoms with E-state index in [9.17, 15) is 18.0 Å². The van der Waals surface area contributed by atoms with Gasteiger partial charge in [0.05, 0.1) is 10.9 Å². The van der Waals surface area contributed by atoms with Gasteiger partial charge in [-0.25, -0.2) is 8.42 Å². The number of carbonyl (C=O) groups excluding carboxylic acids is 2. The van der Waals surface area contributed by atoms with Gasteiger partial charge in [-0.2, -0.15) is 4.72 Å². The van der Waals surface area contributed by atoms with E-state index in [-0.39, 0.29) is 16.9 Å². The molecule has 9 nitrogen and oxygen atoms in total. The fraction of sp³-hybridized carbons (Fsp3) is 0.417. The summed E-state index contributed by atoms with van der Waals surface area (Å²) in [4.78, 5) is 24.8. The van der Waals surface area contributed by atoms with Gasteiger partial charge in [0.25, 0.3) is 5.91 Å². The van der Waals surface area contributed by atoms with Crippen LogP contribution in [0.5, 0.6) is 11.5 Å². The number of ether oxygens (including phenoxy) is 3. The van der Waals surface area contributed by atoms with E-state index in [2.05, 4.69) is 10.0 Å². The predicted molar refractivity (Wildman–Crippen MR) is 125 cm³/mol. The molecule has 0 saturated carbocycles. The minimum Gasteiger partial charge on any atom is -0.486 e. The van der Waals surface area contributed by atoms with Crippen molar-refractivity contribution in [2.24, 2.45) is 5.92 Å². The van der Waals surface area contributed by atoms with Gasteiger partial charge in [-0.3, -0.25) is 9.59 Å². The summed E-state index contributed by atoms with van der Waals surface area (Å²) in [5, 5.41) is 2.86. The van der Waals surface area contributed by atoms with E-state index in [4.69, 9.17) is 14.2 Å². The number of nitrogens with one attached hydrogen (secondary N) is 2. The molecule has 0 aliphatic carbocycles. The standard InChI is InChI=1S/C24H30N2O7S/c1-15(2)23(18-7-10-20-21(13-18)32-12-11-31-20)25-22(27)14-33-24(28)17(4)26-34(29,30)19-8-5-16(3)6-9-19/h5-10,13,15,17,23,26H,11-12,14H2,1-4H3,(H,25,27)/t17-,23?/m0/s1. The molecule has 3 rings (SSSR count). The Hall–Kier alpha value is -3.11. The summed E-state index contributed by atoms with van der Waals surface area (Å²) in [6.45, 7) is 7.51. The Morgan fingerprint density at radius 3 is 2.29 bits per heavy atom. The van der Waals surface area contributed by atoms with Crippen molar-refractivity contribution in [3.63, 3.8) is 0 Å². The highest BCUT2D eigenvalue weighted by Gasteiger charge is 2.25. The van der Waals surface area contributed by atoms with E-state index < -0.39 is 34.5 Å². The maximum Gasteiger partial charge on any atom is 0.324 e. The van der Waals surface area contributed by atoms with Crippen molar-refractivity contribution in [3.8, 4) is 11.5 Å². The number of hydrogen-bond donors (Lipinski definition) is 2. The first-order chi connectivity index (χ1) is 16.1. The molecule has 184 valence electrons. The van der Waals surface area contributed by atoms with Crippen LogP contribution < -0.4 is 19.5 Å². The first kappa shape index (κ1) is 25.5. The highest BCUT2D eigenvalue weighted by molar-refractivity contribution is 7.89. The minimum atomic E-state index is -3.91. The molecule has 0 spiro atoms. The number of fused-ring (bicyclic) bond motifs is 1. The van der Waals surface area contributed by atoms with Crippen LogP contribution in [0.25, 0.3) is 0 Å². The second-order valence-electron chi connectivity index (χ2n) is 8.46. The Balaban J connectivity index is 1.56. The summed E-state index contributed by atoms with van der Waals surface area (Å²) >= 11 is 0. The molecule has 10 heteroatoms. The number of esters is 1. The van der Waals surface area contributed by atoms with Crippen LogP contribution in [0.15, 0.2) is 47.4 Å². The lowest BCUT2D eigenvalue weighted by molar-refractivity contribution is -0.150. The third-order valence-corrected chi connectivity index (χ3v) is 6.83. The molecule has 34 heavy (non-hydrogen) atoms. The van der Waals surface area contributed by atoms with Crippen molar-refractivity contribution < 1.29 is 32.2 Å². The SMILES string of the molecule is Cc1ccc(S(=O)(=O)N[C@@H](C)C(=O)OCC(=O)NC(c2ccc3c(c2)OCCO3)C(C)C)cc1. The predicted octanol–water partition coefficient (Wildman–Crippen LogP) is 2.49. The zero-order valence-electron chi connectivity index (χ0n) is 19.7. The molecule has 2 aromatic rings. The number of sulfonamides is 1. The van der Waals surface area contributed by atoms with Gasteiger partial charge in [0, 0.05) is 0 Å². The number of carbonyl (C=O) groups is 2. The van der Waals surface area contributed by atoms with Gasteiger partial charge in [0.15, 0.2) is 18.1 Å². The van der Waals surface area contributed by atoms with Gasteiger partial charge < -0.3 is 19.5 Å². The molecule has 0 aromatic heterocycles. The highest BCUT2D eigenvalue weighted by atomic mass is 32.2. The molecule has 2 atom stereocenters. The van der Waals surface area contributed by atoms with Crippen molar-refractivity contribution in [1.82, 2.24) is 10.0 Å². The van der Waals surface area contributed by atoms with Crippen LogP contribution in [-0.4, -0.2) is 46.2 Å². The van der Waals surface area contributed by atoms with E-state index >= 15 is 0 Å². The first-order valence-electron chi connectivity index (χ1n) is 11.0. The lowest BCUT2D eigenvalue weighted by Crippen LogP contribution is -2.41. The molecule has 0 saturated heterocycles. The molecule has 2 N–H and O–H groups in total. The topological polar surface area (TPSA) is 120 Å². The second kappa shape index (κ2) is 10.9. The van der Waals surface area contributed by atoms with Crippen molar-refractivity contribution in [1.29, 1.82) is 0 Å². The van der Waals surface area contributed by atoms with Crippen molar-refractivity contribution >= 4 is 21.9 Å². The van der Waals surface area contributed by atoms with Crippen LogP contribution in [0.2, 0.25) is 0 Å². The molecule has 1 amide bonds. The Bertz CT molecular complexity index is 1130. The lowest BCUT2D eigenvalue weighted by Gasteiger charge is -2.25. The summed E-state index contributed by atoms with van der Waals surface area (Å²) in [7, 11) is -3.91. The molecule has 0 fully saturated rings. The lowest BCUT2D eigenvalue weighted by atomic mass is 9.95. The van der Waals surface area contributed by atoms with Crippen LogP contribution in [0.3, 0.4) is 0 Å². The number of benzene rings is 2. The van der Waals surface area contributed by atoms with E-state index in [1.807, 2.05) is 32.9 Å². The molecular weight excluding hydrogens is 460 g/mol.